The number of carbonyl (C=O) groups is 8. The van der Waals surface area contributed by atoms with Gasteiger partial charge in [-0.15, -0.1) is 0 Å². The number of carbonyl (C=O) groups excluding carboxylic acids is 8. The predicted octanol–water partition coefficient (Wildman–Crippen LogP) is 16.8. The Kier molecular flexibility index (Phi) is 56.3. The average Bonchev–Trinajstić information content (AvgIpc) is 0.861. The summed E-state index contributed by atoms with van der Waals surface area (Å²) in [6, 6.07) is 22.7. The second-order valence-electron chi connectivity index (χ2n) is 34.7. The number of hydrogen-bond acceptors (Lipinski definition) is 20. The lowest BCUT2D eigenvalue weighted by Gasteiger charge is -2.35. The van der Waals surface area contributed by atoms with E-state index in [0.717, 1.165) is 57.2 Å². The van der Waals surface area contributed by atoms with Gasteiger partial charge in [0, 0.05) is 90.0 Å². The summed E-state index contributed by atoms with van der Waals surface area (Å²) in [5.74, 6) is -1.85. The summed E-state index contributed by atoms with van der Waals surface area (Å²) in [6.07, 6.45) is 17.2. The smallest absolute Gasteiger partial charge is 0.306 e. The van der Waals surface area contributed by atoms with Crippen molar-refractivity contribution < 1.29 is 76.3 Å². The molecule has 0 heterocycles. The molecule has 0 aliphatic carbocycles. The van der Waals surface area contributed by atoms with Crippen molar-refractivity contribution in [1.82, 2.24) is 19.6 Å². The third-order valence-corrected chi connectivity index (χ3v) is 51.3. The van der Waals surface area contributed by atoms with E-state index < -0.39 is 56.5 Å². The molecule has 0 aromatic carbocycles. The number of nitrogens with zero attached hydrogens (tertiary/aromatic N) is 4. The molecule has 0 aliphatic heterocycles. The van der Waals surface area contributed by atoms with Crippen LogP contribution in [0.15, 0.2) is 0 Å². The number of hydrogen-bond donors (Lipinski definition) is 0. The molecule has 28 heteroatoms. The molecule has 0 spiro atoms. The Morgan fingerprint density at radius 3 is 0.505 bits per heavy atom. The Morgan fingerprint density at radius 1 is 0.210 bits per heavy atom. The molecule has 0 saturated carbocycles. The highest BCUT2D eigenvalue weighted by atomic mass is 79.9. The molecule has 20 nitrogen and oxygen atoms in total. The van der Waals surface area contributed by atoms with Gasteiger partial charge in [-0.25, -0.2) is 0 Å². The molecule has 0 unspecified atom stereocenters. The summed E-state index contributed by atoms with van der Waals surface area (Å²) in [6.45, 7) is 36.9. The summed E-state index contributed by atoms with van der Waals surface area (Å²) < 4.78 is 39.7. The van der Waals surface area contributed by atoms with Gasteiger partial charge < -0.3 is 57.5 Å². The van der Waals surface area contributed by atoms with Gasteiger partial charge in [0.2, 0.25) is 0 Å². The molecule has 616 valence electrons. The standard InChI is InChI=1S/C77H157BrN4O16Si7/c1-91-70(83)32-45-79(46-33-71(84)92-2)41-22-53-99(9,10)57-26-62-104(18,63-27-58-100(11,12)54-23-42-80(47-34-72(85)93-3)48-35-73(86)94-4)68-30-66-103(17,61-21-20-40-78)67-31-69-105(19,64-28-59-101(13,14)55-24-43-81(49-36-74(87)95-5)50-37-75(88)96-6)65-29-60-102(15,16)56-25-44-82(51-38-76(89)97-7)52-39-77(90)98-8/h20-69H2,1-19H3. The van der Waals surface area contributed by atoms with Crippen molar-refractivity contribution in [3.63, 3.8) is 0 Å². The first-order chi connectivity index (χ1) is 49.4. The van der Waals surface area contributed by atoms with Crippen LogP contribution < -0.4 is 0 Å². The van der Waals surface area contributed by atoms with E-state index in [0.29, 0.717) is 104 Å². The van der Waals surface area contributed by atoms with Crippen LogP contribution in [0.5, 0.6) is 0 Å². The number of esters is 8. The number of halogens is 1. The van der Waals surface area contributed by atoms with Crippen molar-refractivity contribution in [2.45, 2.75) is 303 Å². The van der Waals surface area contributed by atoms with Crippen molar-refractivity contribution in [2.24, 2.45) is 0 Å². The summed E-state index contributed by atoms with van der Waals surface area (Å²) in [5, 5.41) is 1.06. The molecule has 0 rings (SSSR count). The number of alkyl halides is 1. The molecule has 0 saturated heterocycles. The van der Waals surface area contributed by atoms with Gasteiger partial charge in [0.25, 0.3) is 0 Å². The van der Waals surface area contributed by atoms with Gasteiger partial charge in [-0.2, -0.15) is 0 Å². The van der Waals surface area contributed by atoms with Crippen LogP contribution in [0.25, 0.3) is 0 Å². The lowest BCUT2D eigenvalue weighted by Crippen LogP contribution is -2.36. The van der Waals surface area contributed by atoms with E-state index in [2.05, 4.69) is 108 Å². The molecule has 0 N–H and O–H groups in total. The fourth-order valence-corrected chi connectivity index (χ4v) is 39.5. The maximum absolute atomic E-state index is 12.2. The first kappa shape index (κ1) is 103. The minimum Gasteiger partial charge on any atom is -0.469 e. The lowest BCUT2D eigenvalue weighted by atomic mass is 10.3. The van der Waals surface area contributed by atoms with Crippen LogP contribution in [-0.2, 0) is 76.3 Å². The van der Waals surface area contributed by atoms with Gasteiger partial charge in [-0.05, 0) is 58.3 Å². The third kappa shape index (κ3) is 54.8. The molecular weight excluding hydrogens is 1510 g/mol. The molecule has 0 aromatic heterocycles. The fraction of sp³-hybridized carbons (Fsp3) is 0.896. The Labute approximate surface area is 655 Å². The van der Waals surface area contributed by atoms with E-state index in [1.54, 1.807) is 0 Å². The van der Waals surface area contributed by atoms with Crippen LogP contribution >= 0.6 is 15.9 Å². The minimum atomic E-state index is -1.67. The van der Waals surface area contributed by atoms with Crippen molar-refractivity contribution in [3.8, 4) is 0 Å². The fourth-order valence-electron chi connectivity index (χ4n) is 15.4. The van der Waals surface area contributed by atoms with Crippen molar-refractivity contribution in [2.75, 3.05) is 141 Å². The summed E-state index contributed by atoms with van der Waals surface area (Å²) >= 11 is 3.82. The van der Waals surface area contributed by atoms with Crippen molar-refractivity contribution >= 4 is 120 Å². The first-order valence-corrected chi connectivity index (χ1v) is 64.6. The van der Waals surface area contributed by atoms with Crippen LogP contribution in [-0.4, -0.2) is 265 Å². The van der Waals surface area contributed by atoms with E-state index >= 15 is 0 Å². The van der Waals surface area contributed by atoms with Gasteiger partial charge in [0.1, 0.15) is 0 Å². The minimum absolute atomic E-state index is 0.231. The zero-order valence-electron chi connectivity index (χ0n) is 70.6. The Hall–Kier alpha value is -2.40. The monoisotopic (exact) mass is 1670 g/mol. The second kappa shape index (κ2) is 57.6. The second-order valence-corrected chi connectivity index (χ2v) is 72.2. The molecule has 0 fully saturated rings. The van der Waals surface area contributed by atoms with Crippen LogP contribution in [0.2, 0.25) is 175 Å². The van der Waals surface area contributed by atoms with Crippen LogP contribution in [0.1, 0.15) is 128 Å². The van der Waals surface area contributed by atoms with Crippen LogP contribution in [0.4, 0.5) is 0 Å². The van der Waals surface area contributed by atoms with Crippen LogP contribution in [0.3, 0.4) is 0 Å². The summed E-state index contributed by atoms with van der Waals surface area (Å²) in [5.41, 5.74) is 0. The third-order valence-electron chi connectivity index (χ3n) is 23.0. The highest BCUT2D eigenvalue weighted by Gasteiger charge is 2.36. The number of unbranched alkanes of at least 4 members (excludes halogenated alkanes) is 1. The van der Waals surface area contributed by atoms with Gasteiger partial charge in [-0.3, -0.25) is 38.4 Å². The Morgan fingerprint density at radius 2 is 0.352 bits per heavy atom. The van der Waals surface area contributed by atoms with Gasteiger partial charge in [0.05, 0.1) is 132 Å². The zero-order valence-corrected chi connectivity index (χ0v) is 79.1. The van der Waals surface area contributed by atoms with E-state index in [1.807, 2.05) is 0 Å². The normalized spacial score (nSPS) is 12.6. The Bertz CT molecular complexity index is 2050. The van der Waals surface area contributed by atoms with Crippen molar-refractivity contribution in [1.29, 1.82) is 0 Å². The number of rotatable bonds is 68. The Balaban J connectivity index is 6.88. The topological polar surface area (TPSA) is 223 Å². The van der Waals surface area contributed by atoms with Gasteiger partial charge >= 0.3 is 47.8 Å². The highest BCUT2D eigenvalue weighted by molar-refractivity contribution is 9.09. The average molecular weight is 1670 g/mol. The first-order valence-electron chi connectivity index (χ1n) is 40.4. The quantitative estimate of drug-likeness (QED) is 0.0181. The highest BCUT2D eigenvalue weighted by Crippen LogP contribution is 2.39. The van der Waals surface area contributed by atoms with E-state index in [4.69, 9.17) is 37.9 Å². The lowest BCUT2D eigenvalue weighted by molar-refractivity contribution is -0.142. The maximum Gasteiger partial charge on any atom is 0.306 e. The van der Waals surface area contributed by atoms with E-state index in [-0.39, 0.29) is 47.8 Å². The SMILES string of the molecule is COC(=O)CCN(CCC[Si](C)(C)CCC[Si](C)(CCC[Si](C)(C)CCCN(CCC(=O)OC)CCC(=O)OC)CCC[Si](C)(CCCCBr)CCC[Si](C)(CCC[Si](C)(C)CCCN(CCC(=O)OC)CCC(=O)OC)CCC[Si](C)(C)CCCN(CCC(=O)OC)CCC(=O)OC)CCC(=O)OC. The molecule has 0 atom stereocenters. The van der Waals surface area contributed by atoms with Gasteiger partial charge in [0.15, 0.2) is 0 Å². The van der Waals surface area contributed by atoms with Gasteiger partial charge in [-0.1, -0.05) is 236 Å². The molecule has 0 aromatic rings. The molecule has 0 radical (unpaired) electrons. The summed E-state index contributed by atoms with van der Waals surface area (Å²) in [7, 11) is 0.236. The van der Waals surface area contributed by atoms with Crippen molar-refractivity contribution in [3.05, 3.63) is 0 Å². The zero-order chi connectivity index (χ0) is 79.4. The number of methoxy groups -OCH3 is 8. The van der Waals surface area contributed by atoms with E-state index in [1.165, 1.54) is 211 Å². The molecular formula is C77H157BrN4O16Si7. The van der Waals surface area contributed by atoms with E-state index in [9.17, 15) is 38.4 Å². The van der Waals surface area contributed by atoms with Crippen LogP contribution in [0, 0.1) is 0 Å². The molecule has 105 heavy (non-hydrogen) atoms. The largest absolute Gasteiger partial charge is 0.469 e. The molecule has 0 bridgehead atoms. The molecule has 0 aliphatic rings. The molecule has 0 amide bonds. The maximum atomic E-state index is 12.2. The summed E-state index contributed by atoms with van der Waals surface area (Å²) in [4.78, 5) is 106. The predicted molar refractivity (Wildman–Crippen MR) is 455 cm³/mol. The number of ether oxygens (including phenoxy) is 8.